The Hall–Kier alpha value is -3.55. The molecule has 0 unspecified atom stereocenters. The molecule has 0 aliphatic carbocycles. The van der Waals surface area contributed by atoms with Crippen molar-refractivity contribution in [1.29, 1.82) is 0 Å². The largest absolute Gasteiger partial charge is 0.507 e. The van der Waals surface area contributed by atoms with E-state index in [1.807, 2.05) is 0 Å². The second-order valence-corrected chi connectivity index (χ2v) is 9.97. The molecular weight excluding hydrogens is 580 g/mol. The summed E-state index contributed by atoms with van der Waals surface area (Å²) in [5.41, 5.74) is -0.491. The molecule has 9 N–H and O–H groups in total. The number of benzene rings is 2. The fourth-order valence-corrected chi connectivity index (χ4v) is 4.82. The Morgan fingerprint density at radius 1 is 0.814 bits per heavy atom. The van der Waals surface area contributed by atoms with Crippen molar-refractivity contribution in [2.75, 3.05) is 13.7 Å². The van der Waals surface area contributed by atoms with Crippen molar-refractivity contribution >= 4 is 11.0 Å². The maximum absolute atomic E-state index is 12.9. The summed E-state index contributed by atoms with van der Waals surface area (Å²) in [6, 6.07) is 7.62. The lowest BCUT2D eigenvalue weighted by Gasteiger charge is -2.45. The summed E-state index contributed by atoms with van der Waals surface area (Å²) in [7, 11) is 1.37. The number of aromatic hydroxyl groups is 2. The Morgan fingerprint density at radius 3 is 2.23 bits per heavy atom. The Morgan fingerprint density at radius 2 is 1.56 bits per heavy atom. The highest BCUT2D eigenvalue weighted by Gasteiger charge is 2.51. The minimum absolute atomic E-state index is 0.0174. The summed E-state index contributed by atoms with van der Waals surface area (Å²) in [4.78, 5) is 12.9. The number of aliphatic hydroxyl groups is 7. The molecule has 5 rings (SSSR count). The topological polar surface area (TPSA) is 258 Å². The first-order chi connectivity index (χ1) is 20.4. The van der Waals surface area contributed by atoms with Crippen molar-refractivity contribution in [3.8, 4) is 34.3 Å². The standard InChI is InChI=1S/C27H30O16/c1-38-14-3-2-9(4-11(14)29)15-7-13(31)18-12(30)5-10(6-16(18)40-15)39-27-24(21(34)19(32)17(8-28)41-27)42-26-23(36)20(33)22(35)25(37)43-26/h2-7,17,19-30,32-37H,8H2,1H3/t17-,19-,20-,21+,22-,23-,24-,25-,26-,27-/m1/s1. The molecule has 1 aromatic heterocycles. The lowest BCUT2D eigenvalue weighted by Crippen LogP contribution is -2.64. The molecule has 0 spiro atoms. The minimum Gasteiger partial charge on any atom is -0.507 e. The minimum atomic E-state index is -1.98. The first-order valence-corrected chi connectivity index (χ1v) is 12.9. The van der Waals surface area contributed by atoms with E-state index in [1.165, 1.54) is 31.4 Å². The molecule has 3 heterocycles. The molecule has 3 aromatic rings. The van der Waals surface area contributed by atoms with Gasteiger partial charge in [0.25, 0.3) is 0 Å². The SMILES string of the molecule is COc1ccc(-c2cc(=O)c3c(O)cc(O[C@@H]4O[C@H](CO)[C@@H](O)[C@H](O)[C@H]4O[C@@H]4O[C@@H](O)[C@H](O)[C@@H](O)[C@H]4O)cc3o2)cc1O. The van der Waals surface area contributed by atoms with Gasteiger partial charge in [-0.25, -0.2) is 0 Å². The van der Waals surface area contributed by atoms with Crippen LogP contribution in [0.2, 0.25) is 0 Å². The van der Waals surface area contributed by atoms with E-state index >= 15 is 0 Å². The van der Waals surface area contributed by atoms with Gasteiger partial charge in [-0.1, -0.05) is 0 Å². The van der Waals surface area contributed by atoms with Crippen LogP contribution in [0.4, 0.5) is 0 Å². The molecule has 16 nitrogen and oxygen atoms in total. The van der Waals surface area contributed by atoms with Gasteiger partial charge in [0.05, 0.1) is 13.7 Å². The molecular formula is C27H30O16. The summed E-state index contributed by atoms with van der Waals surface area (Å²) in [6.45, 7) is -0.771. The lowest BCUT2D eigenvalue weighted by molar-refractivity contribution is -0.378. The zero-order valence-corrected chi connectivity index (χ0v) is 22.3. The third kappa shape index (κ3) is 5.85. The highest BCUT2D eigenvalue weighted by Crippen LogP contribution is 2.36. The number of rotatable bonds is 7. The van der Waals surface area contributed by atoms with Crippen LogP contribution in [-0.2, 0) is 14.2 Å². The first kappa shape index (κ1) is 30.9. The third-order valence-electron chi connectivity index (χ3n) is 7.16. The second kappa shape index (κ2) is 12.2. The smallest absolute Gasteiger partial charge is 0.229 e. The number of methoxy groups -OCH3 is 1. The van der Waals surface area contributed by atoms with Crippen molar-refractivity contribution in [2.24, 2.45) is 0 Å². The molecule has 16 heteroatoms. The molecule has 10 atom stereocenters. The van der Waals surface area contributed by atoms with Gasteiger partial charge >= 0.3 is 0 Å². The summed E-state index contributed by atoms with van der Waals surface area (Å²) in [6.07, 6.45) is -17.9. The van der Waals surface area contributed by atoms with E-state index in [0.29, 0.717) is 5.56 Å². The number of hydrogen-bond acceptors (Lipinski definition) is 16. The highest BCUT2D eigenvalue weighted by molar-refractivity contribution is 5.86. The second-order valence-electron chi connectivity index (χ2n) is 9.97. The summed E-state index contributed by atoms with van der Waals surface area (Å²) in [5, 5.41) is 91.3. The van der Waals surface area contributed by atoms with Crippen molar-refractivity contribution < 1.29 is 74.1 Å². The Labute approximate surface area is 241 Å². The van der Waals surface area contributed by atoms with Crippen LogP contribution < -0.4 is 14.9 Å². The summed E-state index contributed by atoms with van der Waals surface area (Å²) in [5.74, 6) is -0.788. The van der Waals surface area contributed by atoms with Crippen LogP contribution >= 0.6 is 0 Å². The van der Waals surface area contributed by atoms with E-state index in [9.17, 15) is 50.8 Å². The molecule has 2 saturated heterocycles. The molecule has 2 aromatic carbocycles. The van der Waals surface area contributed by atoms with Gasteiger partial charge in [-0.15, -0.1) is 0 Å². The quantitative estimate of drug-likeness (QED) is 0.138. The Bertz CT molecular complexity index is 1510. The molecule has 2 fully saturated rings. The van der Waals surface area contributed by atoms with E-state index in [2.05, 4.69) is 0 Å². The van der Waals surface area contributed by atoms with Crippen molar-refractivity contribution in [2.45, 2.75) is 61.6 Å². The number of hydrogen-bond donors (Lipinski definition) is 9. The average Bonchev–Trinajstić information content (AvgIpc) is 2.97. The van der Waals surface area contributed by atoms with Gasteiger partial charge in [-0.3, -0.25) is 4.79 Å². The molecule has 0 bridgehead atoms. The normalized spacial score (nSPS) is 32.9. The van der Waals surface area contributed by atoms with Gasteiger partial charge in [0.2, 0.25) is 6.29 Å². The van der Waals surface area contributed by atoms with Crippen LogP contribution in [0.5, 0.6) is 23.0 Å². The number of aliphatic hydroxyl groups excluding tert-OH is 7. The molecule has 2 aliphatic heterocycles. The molecule has 234 valence electrons. The average molecular weight is 611 g/mol. The van der Waals surface area contributed by atoms with Crippen molar-refractivity contribution in [3.05, 3.63) is 46.6 Å². The third-order valence-corrected chi connectivity index (χ3v) is 7.16. The van der Waals surface area contributed by atoms with E-state index in [4.69, 9.17) is 28.1 Å². The fourth-order valence-electron chi connectivity index (χ4n) is 4.82. The van der Waals surface area contributed by atoms with Gasteiger partial charge in [0, 0.05) is 23.8 Å². The molecule has 0 amide bonds. The van der Waals surface area contributed by atoms with Crippen LogP contribution in [0.3, 0.4) is 0 Å². The van der Waals surface area contributed by atoms with Crippen LogP contribution in [-0.4, -0.2) is 121 Å². The number of phenolic OH excluding ortho intramolecular Hbond substituents is 2. The van der Waals surface area contributed by atoms with Crippen LogP contribution in [0.1, 0.15) is 0 Å². The maximum Gasteiger partial charge on any atom is 0.229 e. The monoisotopic (exact) mass is 610 g/mol. The predicted octanol–water partition coefficient (Wildman–Crippen LogP) is -2.16. The fraction of sp³-hybridized carbons (Fsp3) is 0.444. The summed E-state index contributed by atoms with van der Waals surface area (Å²) >= 11 is 0. The van der Waals surface area contributed by atoms with Gasteiger partial charge < -0.3 is 74.1 Å². The number of fused-ring (bicyclic) bond motifs is 1. The van der Waals surface area contributed by atoms with Crippen molar-refractivity contribution in [1.82, 2.24) is 0 Å². The lowest BCUT2D eigenvalue weighted by atomic mass is 9.98. The van der Waals surface area contributed by atoms with Gasteiger partial charge in [0.15, 0.2) is 35.6 Å². The van der Waals surface area contributed by atoms with E-state index < -0.39 is 79.4 Å². The molecule has 2 aliphatic rings. The van der Waals surface area contributed by atoms with Crippen LogP contribution in [0, 0.1) is 0 Å². The van der Waals surface area contributed by atoms with E-state index in [0.717, 1.165) is 12.1 Å². The van der Waals surface area contributed by atoms with E-state index in [-0.39, 0.29) is 34.0 Å². The van der Waals surface area contributed by atoms with Crippen LogP contribution in [0.25, 0.3) is 22.3 Å². The van der Waals surface area contributed by atoms with Gasteiger partial charge in [-0.05, 0) is 18.2 Å². The van der Waals surface area contributed by atoms with E-state index in [1.54, 1.807) is 0 Å². The molecule has 0 saturated carbocycles. The maximum atomic E-state index is 12.9. The van der Waals surface area contributed by atoms with Crippen molar-refractivity contribution in [3.63, 3.8) is 0 Å². The first-order valence-electron chi connectivity index (χ1n) is 12.9. The van der Waals surface area contributed by atoms with Gasteiger partial charge in [-0.2, -0.15) is 0 Å². The predicted molar refractivity (Wildman–Crippen MR) is 140 cm³/mol. The molecule has 0 radical (unpaired) electrons. The van der Waals surface area contributed by atoms with Crippen LogP contribution in [0.15, 0.2) is 45.6 Å². The highest BCUT2D eigenvalue weighted by atomic mass is 16.8. The summed E-state index contributed by atoms with van der Waals surface area (Å²) < 4.78 is 32.7. The Kier molecular flexibility index (Phi) is 8.77. The number of phenols is 2. The van der Waals surface area contributed by atoms with Gasteiger partial charge in [0.1, 0.15) is 64.9 Å². The Balaban J connectivity index is 1.48. The number of ether oxygens (including phenoxy) is 5. The zero-order chi connectivity index (χ0) is 31.2. The molecule has 43 heavy (non-hydrogen) atoms. The zero-order valence-electron chi connectivity index (χ0n) is 22.3.